The molecule has 0 saturated carbocycles. The molecule has 0 saturated heterocycles. The van der Waals surface area contributed by atoms with Crippen molar-refractivity contribution < 1.29 is 19.3 Å². The molecule has 3 aromatic carbocycles. The van der Waals surface area contributed by atoms with Gasteiger partial charge in [0.25, 0.3) is 0 Å². The number of nitrogens with zero attached hydrogens (tertiary/aromatic N) is 1. The first-order chi connectivity index (χ1) is 16.5. The quantitative estimate of drug-likeness (QED) is 0.339. The first kappa shape index (κ1) is 22.5. The van der Waals surface area contributed by atoms with Crippen LogP contribution in [0.2, 0.25) is 10.0 Å². The van der Waals surface area contributed by atoms with Crippen LogP contribution in [0, 0.1) is 0 Å². The molecule has 5 nitrogen and oxygen atoms in total. The number of aliphatic hydroxyl groups is 1. The summed E-state index contributed by atoms with van der Waals surface area (Å²) in [5.74, 6) is 0.0686. The van der Waals surface area contributed by atoms with Crippen LogP contribution >= 0.6 is 23.2 Å². The summed E-state index contributed by atoms with van der Waals surface area (Å²) in [6.45, 7) is 0. The van der Waals surface area contributed by atoms with Gasteiger partial charge in [0.2, 0.25) is 5.75 Å². The maximum Gasteiger partial charge on any atom is 0.305 e. The molecule has 0 radical (unpaired) electrons. The van der Waals surface area contributed by atoms with Crippen LogP contribution in [0.1, 0.15) is 28.4 Å². The molecule has 2 heterocycles. The molecule has 1 aliphatic heterocycles. The second-order valence-corrected chi connectivity index (χ2v) is 8.68. The highest BCUT2D eigenvalue weighted by Gasteiger charge is 2.48. The van der Waals surface area contributed by atoms with E-state index >= 15 is 0 Å². The van der Waals surface area contributed by atoms with Crippen molar-refractivity contribution in [2.75, 3.05) is 7.11 Å². The molecule has 0 spiro atoms. The molecule has 1 N–H and O–H groups in total. The molecule has 1 atom stereocenters. The summed E-state index contributed by atoms with van der Waals surface area (Å²) in [4.78, 5) is 3.98. The van der Waals surface area contributed by atoms with Crippen LogP contribution in [-0.4, -0.2) is 17.2 Å². The van der Waals surface area contributed by atoms with Gasteiger partial charge in [-0.05, 0) is 17.7 Å². The summed E-state index contributed by atoms with van der Waals surface area (Å²) in [5.41, 5.74) is 2.75. The fraction of sp³-hybridized carbons (Fsp3) is 0.148. The van der Waals surface area contributed by atoms with Crippen LogP contribution in [0.15, 0.2) is 85.2 Å². The van der Waals surface area contributed by atoms with Gasteiger partial charge in [0.05, 0.1) is 23.3 Å². The summed E-state index contributed by atoms with van der Waals surface area (Å²) in [6, 6.07) is 22.9. The smallest absolute Gasteiger partial charge is 0.305 e. The molecule has 1 aromatic heterocycles. The molecule has 0 bridgehead atoms. The van der Waals surface area contributed by atoms with Gasteiger partial charge in [-0.3, -0.25) is 4.98 Å². The first-order valence-electron chi connectivity index (χ1n) is 10.7. The number of ether oxygens (including phenoxy) is 3. The lowest BCUT2D eigenvalue weighted by atomic mass is 9.97. The van der Waals surface area contributed by atoms with Crippen molar-refractivity contribution in [3.63, 3.8) is 0 Å². The van der Waals surface area contributed by atoms with Crippen molar-refractivity contribution in [3.05, 3.63) is 117 Å². The van der Waals surface area contributed by atoms with Crippen LogP contribution in [0.5, 0.6) is 17.2 Å². The molecule has 7 heteroatoms. The minimum atomic E-state index is -1.25. The highest BCUT2D eigenvalue weighted by atomic mass is 35.5. The minimum absolute atomic E-state index is 0.173. The zero-order chi connectivity index (χ0) is 23.7. The van der Waals surface area contributed by atoms with Gasteiger partial charge in [-0.15, -0.1) is 0 Å². The van der Waals surface area contributed by atoms with Gasteiger partial charge >= 0.3 is 5.79 Å². The summed E-state index contributed by atoms with van der Waals surface area (Å²) < 4.78 is 18.8. The molecule has 0 aliphatic carbocycles. The van der Waals surface area contributed by atoms with E-state index < -0.39 is 11.9 Å². The Bertz CT molecular complexity index is 1260. The Morgan fingerprint density at radius 3 is 1.97 bits per heavy atom. The van der Waals surface area contributed by atoms with Gasteiger partial charge in [-0.25, -0.2) is 0 Å². The number of hydrogen-bond acceptors (Lipinski definition) is 5. The third-order valence-electron chi connectivity index (χ3n) is 5.83. The van der Waals surface area contributed by atoms with Crippen LogP contribution in [0.4, 0.5) is 0 Å². The van der Waals surface area contributed by atoms with Crippen molar-refractivity contribution in [1.82, 2.24) is 4.98 Å². The Morgan fingerprint density at radius 1 is 0.853 bits per heavy atom. The highest BCUT2D eigenvalue weighted by molar-refractivity contribution is 6.35. The molecule has 1 aliphatic rings. The fourth-order valence-corrected chi connectivity index (χ4v) is 4.67. The van der Waals surface area contributed by atoms with Gasteiger partial charge in [0.15, 0.2) is 11.5 Å². The SMILES string of the molecule is COc1ccc(C(O)Cc2c(Cl)cncc2Cl)c2c1OC(c1ccccc1)(c1ccccc1)O2. The van der Waals surface area contributed by atoms with Crippen LogP contribution in [0.3, 0.4) is 0 Å². The Labute approximate surface area is 207 Å². The summed E-state index contributed by atoms with van der Waals surface area (Å²) in [7, 11) is 1.57. The monoisotopic (exact) mass is 493 g/mol. The van der Waals surface area contributed by atoms with Gasteiger partial charge in [0, 0.05) is 35.5 Å². The fourth-order valence-electron chi connectivity index (χ4n) is 4.15. The number of benzene rings is 3. The standard InChI is InChI=1S/C27H21Cl2NO4/c1-32-24-13-12-19(23(31)14-20-21(28)15-30-16-22(20)29)25-26(24)34-27(33-25,17-8-4-2-5-9-17)18-10-6-3-7-11-18/h2-13,15-16,23,31H,14H2,1H3. The Kier molecular flexibility index (Phi) is 6.09. The molecule has 0 fully saturated rings. The zero-order valence-corrected chi connectivity index (χ0v) is 19.8. The second-order valence-electron chi connectivity index (χ2n) is 7.87. The summed E-state index contributed by atoms with van der Waals surface area (Å²) in [6.07, 6.45) is 2.21. The van der Waals surface area contributed by atoms with Gasteiger partial charge in [0.1, 0.15) is 0 Å². The van der Waals surface area contributed by atoms with Crippen molar-refractivity contribution in [1.29, 1.82) is 0 Å². The summed E-state index contributed by atoms with van der Waals surface area (Å²) >= 11 is 12.6. The van der Waals surface area contributed by atoms with Crippen molar-refractivity contribution in [2.45, 2.75) is 18.3 Å². The molecule has 172 valence electrons. The molecule has 4 aromatic rings. The van der Waals surface area contributed by atoms with E-state index in [1.54, 1.807) is 19.2 Å². The van der Waals surface area contributed by atoms with E-state index in [2.05, 4.69) is 4.98 Å². The second kappa shape index (κ2) is 9.18. The van der Waals surface area contributed by atoms with E-state index in [9.17, 15) is 5.11 Å². The summed E-state index contributed by atoms with van der Waals surface area (Å²) in [5, 5.41) is 12.0. The van der Waals surface area contributed by atoms with E-state index in [-0.39, 0.29) is 6.42 Å². The predicted molar refractivity (Wildman–Crippen MR) is 131 cm³/mol. The van der Waals surface area contributed by atoms with Crippen LogP contribution in [0.25, 0.3) is 0 Å². The number of aromatic nitrogens is 1. The number of fused-ring (bicyclic) bond motifs is 1. The normalized spacial score (nSPS) is 14.6. The Balaban J connectivity index is 1.62. The third-order valence-corrected chi connectivity index (χ3v) is 6.49. The molecular formula is C27H21Cl2NO4. The number of methoxy groups -OCH3 is 1. The topological polar surface area (TPSA) is 60.8 Å². The lowest BCUT2D eigenvalue weighted by Gasteiger charge is -2.29. The van der Waals surface area contributed by atoms with Crippen molar-refractivity contribution >= 4 is 23.2 Å². The average molecular weight is 494 g/mol. The van der Waals surface area contributed by atoms with E-state index in [4.69, 9.17) is 37.4 Å². The first-order valence-corrected chi connectivity index (χ1v) is 11.4. The van der Waals surface area contributed by atoms with E-state index in [1.165, 1.54) is 12.4 Å². The number of pyridine rings is 1. The largest absolute Gasteiger partial charge is 0.493 e. The maximum atomic E-state index is 11.2. The van der Waals surface area contributed by atoms with Gasteiger partial charge in [-0.1, -0.05) is 83.9 Å². The van der Waals surface area contributed by atoms with Crippen LogP contribution < -0.4 is 14.2 Å². The number of aliphatic hydroxyl groups excluding tert-OH is 1. The Morgan fingerprint density at radius 2 is 1.41 bits per heavy atom. The lowest BCUT2D eigenvalue weighted by Crippen LogP contribution is -2.36. The molecule has 34 heavy (non-hydrogen) atoms. The zero-order valence-electron chi connectivity index (χ0n) is 18.2. The van der Waals surface area contributed by atoms with Crippen molar-refractivity contribution in [2.24, 2.45) is 0 Å². The molecule has 1 unspecified atom stereocenters. The molecular weight excluding hydrogens is 473 g/mol. The van der Waals surface area contributed by atoms with E-state index in [0.717, 1.165) is 11.1 Å². The maximum absolute atomic E-state index is 11.2. The van der Waals surface area contributed by atoms with E-state index in [1.807, 2.05) is 60.7 Å². The van der Waals surface area contributed by atoms with Crippen molar-refractivity contribution in [3.8, 4) is 17.2 Å². The predicted octanol–water partition coefficient (Wildman–Crippen LogP) is 6.35. The highest BCUT2D eigenvalue weighted by Crippen LogP contribution is 2.54. The third kappa shape index (κ3) is 3.86. The number of halogens is 2. The van der Waals surface area contributed by atoms with Crippen LogP contribution in [-0.2, 0) is 12.2 Å². The number of rotatable bonds is 6. The lowest BCUT2D eigenvalue weighted by molar-refractivity contribution is -0.0476. The van der Waals surface area contributed by atoms with Gasteiger partial charge in [-0.2, -0.15) is 0 Å². The van der Waals surface area contributed by atoms with Gasteiger partial charge < -0.3 is 19.3 Å². The molecule has 0 amide bonds. The molecule has 5 rings (SSSR count). The minimum Gasteiger partial charge on any atom is -0.493 e. The average Bonchev–Trinajstić information content (AvgIpc) is 3.29. The van der Waals surface area contributed by atoms with E-state index in [0.29, 0.717) is 38.4 Å². The number of hydrogen-bond donors (Lipinski definition) is 1. The Hall–Kier alpha value is -3.25.